The van der Waals surface area contributed by atoms with Gasteiger partial charge in [0.05, 0.1) is 6.20 Å². The van der Waals surface area contributed by atoms with Gasteiger partial charge in [-0.3, -0.25) is 4.79 Å². The maximum absolute atomic E-state index is 10.7. The molecule has 0 fully saturated rings. The van der Waals surface area contributed by atoms with Crippen LogP contribution in [-0.2, 0) is 4.79 Å². The molecule has 0 saturated carbocycles. The van der Waals surface area contributed by atoms with Gasteiger partial charge in [-0.15, -0.1) is 0 Å². The molecule has 0 unspecified atom stereocenters. The van der Waals surface area contributed by atoms with Gasteiger partial charge >= 0.3 is 0 Å². The molecule has 0 aromatic carbocycles. The van der Waals surface area contributed by atoms with E-state index in [4.69, 9.17) is 9.47 Å². The van der Waals surface area contributed by atoms with Gasteiger partial charge in [0.1, 0.15) is 19.0 Å². The molecule has 1 heterocycles. The fraction of sp³-hybridized carbons (Fsp3) is 0.500. The van der Waals surface area contributed by atoms with Crippen molar-refractivity contribution in [2.24, 2.45) is 0 Å². The summed E-state index contributed by atoms with van der Waals surface area (Å²) in [5, 5.41) is 3.15. The Morgan fingerprint density at radius 3 is 2.88 bits per heavy atom. The van der Waals surface area contributed by atoms with E-state index in [-0.39, 0.29) is 13.8 Å². The Kier molecular flexibility index (Phi) is 6.03. The van der Waals surface area contributed by atoms with Crippen molar-refractivity contribution >= 4 is 5.78 Å². The maximum atomic E-state index is 10.7. The molecule has 0 saturated heterocycles. The molecule has 0 spiro atoms. The molecule has 1 aromatic heterocycles. The number of ether oxygens (including phenoxy) is 2. The molecule has 0 bridgehead atoms. The lowest BCUT2D eigenvalue weighted by molar-refractivity contribution is -0.118. The number of hydrogen-bond acceptors (Lipinski definition) is 5. The van der Waals surface area contributed by atoms with Gasteiger partial charge in [0.15, 0.2) is 5.78 Å². The van der Waals surface area contributed by atoms with Crippen LogP contribution >= 0.6 is 0 Å². The van der Waals surface area contributed by atoms with Crippen LogP contribution in [0.2, 0.25) is 0 Å². The fourth-order valence-electron chi connectivity index (χ4n) is 1.13. The Balaban J connectivity index is 0.00000289. The van der Waals surface area contributed by atoms with E-state index in [0.29, 0.717) is 18.2 Å². The molecule has 1 N–H and O–H groups in total. The smallest absolute Gasteiger partial charge is 0.213 e. The Hall–Kier alpha value is -1.62. The highest BCUT2D eigenvalue weighted by atomic mass is 16.5. The summed E-state index contributed by atoms with van der Waals surface area (Å²) < 4.78 is 10.6. The van der Waals surface area contributed by atoms with E-state index >= 15 is 0 Å². The summed E-state index contributed by atoms with van der Waals surface area (Å²) >= 11 is 0. The molecule has 0 aliphatic rings. The van der Waals surface area contributed by atoms with Crippen LogP contribution in [-0.4, -0.2) is 37.1 Å². The van der Waals surface area contributed by atoms with Crippen molar-refractivity contribution in [1.82, 2.24) is 10.3 Å². The standard InChI is InChI=1S/C12H18N2O3.H2/c1-3-13-6-7-16-12-5-4-11(8-14-12)17-9-10(2)15;/h4-5,8,13H,3,6-7,9H2,1-2H3;1H. The van der Waals surface area contributed by atoms with Crippen molar-refractivity contribution in [3.05, 3.63) is 18.3 Å². The van der Waals surface area contributed by atoms with Crippen molar-refractivity contribution < 1.29 is 15.7 Å². The lowest BCUT2D eigenvalue weighted by Crippen LogP contribution is -2.20. The van der Waals surface area contributed by atoms with Crippen LogP contribution in [0.3, 0.4) is 0 Å². The second kappa shape index (κ2) is 7.62. The van der Waals surface area contributed by atoms with Crippen LogP contribution in [0.4, 0.5) is 0 Å². The quantitative estimate of drug-likeness (QED) is 0.694. The molecule has 1 rings (SSSR count). The van der Waals surface area contributed by atoms with Crippen molar-refractivity contribution in [3.63, 3.8) is 0 Å². The number of carbonyl (C=O) groups excluding carboxylic acids is 1. The average Bonchev–Trinajstić information content (AvgIpc) is 2.33. The third kappa shape index (κ3) is 5.87. The van der Waals surface area contributed by atoms with Gasteiger partial charge in [-0.2, -0.15) is 0 Å². The Morgan fingerprint density at radius 1 is 1.47 bits per heavy atom. The molecule has 17 heavy (non-hydrogen) atoms. The summed E-state index contributed by atoms with van der Waals surface area (Å²) in [7, 11) is 0. The maximum Gasteiger partial charge on any atom is 0.213 e. The first kappa shape index (κ1) is 13.4. The van der Waals surface area contributed by atoms with E-state index < -0.39 is 0 Å². The highest BCUT2D eigenvalue weighted by Crippen LogP contribution is 2.13. The number of nitrogens with zero attached hydrogens (tertiary/aromatic N) is 1. The molecule has 0 amide bonds. The van der Waals surface area contributed by atoms with Crippen LogP contribution in [0.25, 0.3) is 0 Å². The lowest BCUT2D eigenvalue weighted by Gasteiger charge is -2.07. The Labute approximate surface area is 103 Å². The predicted molar refractivity (Wildman–Crippen MR) is 66.6 cm³/mol. The molecule has 0 aliphatic carbocycles. The number of pyridine rings is 1. The molecule has 5 nitrogen and oxygen atoms in total. The minimum Gasteiger partial charge on any atom is -0.484 e. The first-order valence-corrected chi connectivity index (χ1v) is 5.64. The van der Waals surface area contributed by atoms with Gasteiger partial charge in [-0.05, 0) is 19.5 Å². The second-order valence-electron chi connectivity index (χ2n) is 3.52. The Morgan fingerprint density at radius 2 is 2.29 bits per heavy atom. The second-order valence-corrected chi connectivity index (χ2v) is 3.52. The predicted octanol–water partition coefficient (Wildman–Crippen LogP) is 1.28. The molecule has 5 heteroatoms. The molecule has 96 valence electrons. The van der Waals surface area contributed by atoms with E-state index in [1.807, 2.05) is 6.92 Å². The topological polar surface area (TPSA) is 60.5 Å². The van der Waals surface area contributed by atoms with Crippen LogP contribution in [0.1, 0.15) is 15.3 Å². The third-order valence-electron chi connectivity index (χ3n) is 1.93. The number of ketones is 1. The van der Waals surface area contributed by atoms with Crippen molar-refractivity contribution in [1.29, 1.82) is 0 Å². The van der Waals surface area contributed by atoms with Crippen LogP contribution in [0.15, 0.2) is 18.3 Å². The summed E-state index contributed by atoms with van der Waals surface area (Å²) in [5.41, 5.74) is 0. The number of likely N-dealkylation sites (N-methyl/N-ethyl adjacent to an activating group) is 1. The summed E-state index contributed by atoms with van der Waals surface area (Å²) in [5.74, 6) is 1.10. The normalized spacial score (nSPS) is 10.0. The molecule has 0 aliphatic heterocycles. The van der Waals surface area contributed by atoms with Gasteiger partial charge in [0, 0.05) is 14.0 Å². The molecule has 0 atom stereocenters. The number of aromatic nitrogens is 1. The number of nitrogens with one attached hydrogen (secondary N) is 1. The van der Waals surface area contributed by atoms with Crippen molar-refractivity contribution in [2.75, 3.05) is 26.3 Å². The number of Topliss-reactive ketones (excluding diaryl/α,β-unsaturated/α-hetero) is 1. The summed E-state index contributed by atoms with van der Waals surface area (Å²) in [4.78, 5) is 14.8. The Bertz CT molecular complexity index is 344. The zero-order chi connectivity index (χ0) is 12.5. The van der Waals surface area contributed by atoms with Gasteiger partial charge in [0.2, 0.25) is 5.88 Å². The molecule has 1 aromatic rings. The van der Waals surface area contributed by atoms with Gasteiger partial charge in [0.25, 0.3) is 0 Å². The fourth-order valence-corrected chi connectivity index (χ4v) is 1.13. The summed E-state index contributed by atoms with van der Waals surface area (Å²) in [6.07, 6.45) is 1.55. The van der Waals surface area contributed by atoms with E-state index in [1.165, 1.54) is 6.92 Å². The highest BCUT2D eigenvalue weighted by molar-refractivity contribution is 5.77. The van der Waals surface area contributed by atoms with Crippen molar-refractivity contribution in [3.8, 4) is 11.6 Å². The van der Waals surface area contributed by atoms with E-state index in [2.05, 4.69) is 10.3 Å². The van der Waals surface area contributed by atoms with E-state index in [0.717, 1.165) is 13.1 Å². The largest absolute Gasteiger partial charge is 0.484 e. The first-order chi connectivity index (χ1) is 8.22. The lowest BCUT2D eigenvalue weighted by atomic mass is 10.4. The van der Waals surface area contributed by atoms with Gasteiger partial charge in [-0.1, -0.05) is 6.92 Å². The number of rotatable bonds is 8. The molecular weight excluding hydrogens is 220 g/mol. The minimum atomic E-state index is -0.0176. The van der Waals surface area contributed by atoms with Crippen molar-refractivity contribution in [2.45, 2.75) is 13.8 Å². The zero-order valence-electron chi connectivity index (χ0n) is 10.2. The summed E-state index contributed by atoms with van der Waals surface area (Å²) in [6, 6.07) is 3.46. The highest BCUT2D eigenvalue weighted by Gasteiger charge is 1.99. The summed E-state index contributed by atoms with van der Waals surface area (Å²) in [6.45, 7) is 5.89. The average molecular weight is 240 g/mol. The third-order valence-corrected chi connectivity index (χ3v) is 1.93. The van der Waals surface area contributed by atoms with Crippen LogP contribution in [0, 0.1) is 0 Å². The van der Waals surface area contributed by atoms with Crippen LogP contribution < -0.4 is 14.8 Å². The first-order valence-electron chi connectivity index (χ1n) is 5.64. The number of hydrogen-bond donors (Lipinski definition) is 1. The van der Waals surface area contributed by atoms with E-state index in [1.54, 1.807) is 18.3 Å². The molecular formula is C12H20N2O3. The van der Waals surface area contributed by atoms with E-state index in [9.17, 15) is 4.79 Å². The minimum absolute atomic E-state index is 0. The van der Waals surface area contributed by atoms with Gasteiger partial charge < -0.3 is 14.8 Å². The SMILES string of the molecule is CCNCCOc1ccc(OCC(C)=O)cn1.[HH]. The zero-order valence-corrected chi connectivity index (χ0v) is 10.2. The monoisotopic (exact) mass is 240 g/mol. The van der Waals surface area contributed by atoms with Gasteiger partial charge in [-0.25, -0.2) is 4.98 Å². The molecule has 0 radical (unpaired) electrons. The number of carbonyl (C=O) groups is 1. The van der Waals surface area contributed by atoms with Crippen LogP contribution in [0.5, 0.6) is 11.6 Å².